The van der Waals surface area contributed by atoms with E-state index in [1.165, 1.54) is 12.3 Å². The minimum atomic E-state index is -1.26. The van der Waals surface area contributed by atoms with E-state index in [1.54, 1.807) is 24.3 Å². The van der Waals surface area contributed by atoms with E-state index in [9.17, 15) is 9.00 Å². The summed E-state index contributed by atoms with van der Waals surface area (Å²) in [5.74, 6) is 0. The number of hydrogen-bond donors (Lipinski definition) is 0. The molecule has 1 atom stereocenters. The van der Waals surface area contributed by atoms with Crippen molar-refractivity contribution in [3.05, 3.63) is 40.6 Å². The second-order valence-corrected chi connectivity index (χ2v) is 4.19. The monoisotopic (exact) mass is 208 g/mol. The van der Waals surface area contributed by atoms with Gasteiger partial charge < -0.3 is 4.42 Å². The van der Waals surface area contributed by atoms with E-state index in [2.05, 4.69) is 0 Å². The molecule has 0 fully saturated rings. The van der Waals surface area contributed by atoms with Gasteiger partial charge in [-0.1, -0.05) is 12.1 Å². The summed E-state index contributed by atoms with van der Waals surface area (Å²) in [6.07, 6.45) is 1.48. The summed E-state index contributed by atoms with van der Waals surface area (Å²) in [6.45, 7) is 0. The van der Waals surface area contributed by atoms with Gasteiger partial charge in [0, 0.05) is 12.3 Å². The van der Waals surface area contributed by atoms with E-state index in [1.807, 2.05) is 0 Å². The molecule has 72 valence electrons. The van der Waals surface area contributed by atoms with Crippen LogP contribution in [-0.4, -0.2) is 10.5 Å². The standard InChI is InChI=1S/C10H8O3S/c1-14(12)10-6-8(11)7-4-2-3-5-9(7)13-10/h2-6H,1H3. The smallest absolute Gasteiger partial charge is 0.194 e. The number of rotatable bonds is 1. The molecule has 0 aliphatic carbocycles. The fourth-order valence-electron chi connectivity index (χ4n) is 1.22. The Labute approximate surface area is 82.8 Å². The average Bonchev–Trinajstić information content (AvgIpc) is 2.17. The van der Waals surface area contributed by atoms with Crippen molar-refractivity contribution in [3.8, 4) is 0 Å². The van der Waals surface area contributed by atoms with Crippen molar-refractivity contribution >= 4 is 21.8 Å². The first kappa shape index (κ1) is 9.15. The molecular formula is C10H8O3S. The highest BCUT2D eigenvalue weighted by Crippen LogP contribution is 2.13. The number of para-hydroxylation sites is 1. The third-order valence-corrected chi connectivity index (χ3v) is 2.66. The Morgan fingerprint density at radius 2 is 2.00 bits per heavy atom. The SMILES string of the molecule is CS(=O)c1cc(=O)c2ccccc2o1. The van der Waals surface area contributed by atoms with E-state index >= 15 is 0 Å². The second kappa shape index (κ2) is 3.38. The Balaban J connectivity index is 2.86. The van der Waals surface area contributed by atoms with Crippen molar-refractivity contribution in [2.45, 2.75) is 5.09 Å². The predicted molar refractivity (Wildman–Crippen MR) is 54.8 cm³/mol. The lowest BCUT2D eigenvalue weighted by molar-refractivity contribution is 0.490. The van der Waals surface area contributed by atoms with Gasteiger partial charge in [0.1, 0.15) is 5.58 Å². The molecular weight excluding hydrogens is 200 g/mol. The fraction of sp³-hybridized carbons (Fsp3) is 0.100. The van der Waals surface area contributed by atoms with Crippen LogP contribution in [0.3, 0.4) is 0 Å². The molecule has 0 aliphatic rings. The largest absolute Gasteiger partial charge is 0.447 e. The number of hydrogen-bond acceptors (Lipinski definition) is 3. The molecule has 0 bridgehead atoms. The zero-order valence-corrected chi connectivity index (χ0v) is 8.34. The van der Waals surface area contributed by atoms with Gasteiger partial charge in [-0.15, -0.1) is 0 Å². The van der Waals surface area contributed by atoms with Crippen LogP contribution in [0.2, 0.25) is 0 Å². The van der Waals surface area contributed by atoms with Crippen LogP contribution < -0.4 is 5.43 Å². The van der Waals surface area contributed by atoms with Gasteiger partial charge in [0.25, 0.3) is 0 Å². The van der Waals surface area contributed by atoms with Crippen molar-refractivity contribution in [1.82, 2.24) is 0 Å². The highest BCUT2D eigenvalue weighted by Gasteiger charge is 2.05. The van der Waals surface area contributed by atoms with Crippen molar-refractivity contribution in [2.75, 3.05) is 6.26 Å². The van der Waals surface area contributed by atoms with Gasteiger partial charge in [0.15, 0.2) is 10.5 Å². The molecule has 0 amide bonds. The van der Waals surface area contributed by atoms with E-state index in [0.717, 1.165) is 0 Å². The van der Waals surface area contributed by atoms with Crippen molar-refractivity contribution in [2.24, 2.45) is 0 Å². The molecule has 0 saturated heterocycles. The molecule has 3 nitrogen and oxygen atoms in total. The van der Waals surface area contributed by atoms with E-state index in [4.69, 9.17) is 4.42 Å². The van der Waals surface area contributed by atoms with Gasteiger partial charge in [-0.05, 0) is 12.1 Å². The molecule has 14 heavy (non-hydrogen) atoms. The summed E-state index contributed by atoms with van der Waals surface area (Å²) in [4.78, 5) is 11.5. The lowest BCUT2D eigenvalue weighted by Gasteiger charge is -1.98. The molecule has 0 aliphatic heterocycles. The highest BCUT2D eigenvalue weighted by molar-refractivity contribution is 7.84. The Hall–Kier alpha value is -1.42. The quantitative estimate of drug-likeness (QED) is 0.714. The topological polar surface area (TPSA) is 47.3 Å². The molecule has 2 rings (SSSR count). The molecule has 1 aromatic heterocycles. The zero-order chi connectivity index (χ0) is 10.1. The Bertz CT molecular complexity index is 557. The second-order valence-electron chi connectivity index (χ2n) is 2.88. The maximum Gasteiger partial charge on any atom is 0.194 e. The minimum Gasteiger partial charge on any atom is -0.447 e. The van der Waals surface area contributed by atoms with Gasteiger partial charge in [-0.25, -0.2) is 0 Å². The van der Waals surface area contributed by atoms with Crippen LogP contribution >= 0.6 is 0 Å². The molecule has 1 aromatic carbocycles. The first-order chi connectivity index (χ1) is 6.68. The van der Waals surface area contributed by atoms with Gasteiger partial charge in [0.05, 0.1) is 16.2 Å². The van der Waals surface area contributed by atoms with E-state index in [0.29, 0.717) is 11.0 Å². The molecule has 2 aromatic rings. The van der Waals surface area contributed by atoms with Gasteiger partial charge in [0.2, 0.25) is 0 Å². The van der Waals surface area contributed by atoms with Crippen LogP contribution in [0.4, 0.5) is 0 Å². The van der Waals surface area contributed by atoms with Gasteiger partial charge >= 0.3 is 0 Å². The lowest BCUT2D eigenvalue weighted by atomic mass is 10.2. The third kappa shape index (κ3) is 1.48. The van der Waals surface area contributed by atoms with Crippen molar-refractivity contribution in [1.29, 1.82) is 0 Å². The van der Waals surface area contributed by atoms with E-state index in [-0.39, 0.29) is 10.5 Å². The summed E-state index contributed by atoms with van der Waals surface area (Å²) in [6, 6.07) is 8.19. The van der Waals surface area contributed by atoms with E-state index < -0.39 is 10.8 Å². The Kier molecular flexibility index (Phi) is 2.21. The summed E-state index contributed by atoms with van der Waals surface area (Å²) in [5, 5.41) is 0.732. The minimum absolute atomic E-state index is 0.156. The summed E-state index contributed by atoms with van der Waals surface area (Å²) >= 11 is 0. The predicted octanol–water partition coefficient (Wildman–Crippen LogP) is 1.53. The molecule has 0 spiro atoms. The van der Waals surface area contributed by atoms with Crippen LogP contribution in [0.15, 0.2) is 44.6 Å². The number of fused-ring (bicyclic) bond motifs is 1. The van der Waals surface area contributed by atoms with Crippen molar-refractivity contribution in [3.63, 3.8) is 0 Å². The summed E-state index contributed by atoms with van der Waals surface area (Å²) in [7, 11) is -1.26. The third-order valence-electron chi connectivity index (χ3n) is 1.90. The summed E-state index contributed by atoms with van der Waals surface area (Å²) in [5.41, 5.74) is 0.322. The molecule has 4 heteroatoms. The maximum absolute atomic E-state index is 11.5. The first-order valence-corrected chi connectivity index (χ1v) is 5.60. The lowest BCUT2D eigenvalue weighted by Crippen LogP contribution is -2.02. The molecule has 0 N–H and O–H groups in total. The van der Waals surface area contributed by atoms with Gasteiger partial charge in [-0.3, -0.25) is 9.00 Å². The van der Waals surface area contributed by atoms with Crippen LogP contribution in [0, 0.1) is 0 Å². The van der Waals surface area contributed by atoms with Crippen LogP contribution in [0.5, 0.6) is 0 Å². The van der Waals surface area contributed by atoms with Crippen LogP contribution in [0.25, 0.3) is 11.0 Å². The average molecular weight is 208 g/mol. The highest BCUT2D eigenvalue weighted by atomic mass is 32.2. The zero-order valence-electron chi connectivity index (χ0n) is 7.52. The van der Waals surface area contributed by atoms with Gasteiger partial charge in [-0.2, -0.15) is 0 Å². The normalized spacial score (nSPS) is 12.9. The molecule has 1 heterocycles. The molecule has 1 unspecified atom stereocenters. The van der Waals surface area contributed by atoms with Crippen LogP contribution in [-0.2, 0) is 10.8 Å². The fourth-order valence-corrected chi connectivity index (χ4v) is 1.70. The molecule has 0 radical (unpaired) electrons. The first-order valence-electron chi connectivity index (χ1n) is 4.05. The van der Waals surface area contributed by atoms with Crippen LogP contribution in [0.1, 0.15) is 0 Å². The Morgan fingerprint density at radius 1 is 1.29 bits per heavy atom. The van der Waals surface area contributed by atoms with Crippen molar-refractivity contribution < 1.29 is 8.63 Å². The molecule has 0 saturated carbocycles. The number of benzene rings is 1. The Morgan fingerprint density at radius 3 is 2.71 bits per heavy atom. The summed E-state index contributed by atoms with van der Waals surface area (Å²) < 4.78 is 16.4. The maximum atomic E-state index is 11.5.